The SMILES string of the molecule is Cc1ccc(N=C(C=CSc2ccccc2)SC2CC=CCC2)cc1. The Morgan fingerprint density at radius 2 is 1.84 bits per heavy atom. The maximum atomic E-state index is 4.88. The first kappa shape index (κ1) is 18.1. The maximum absolute atomic E-state index is 4.88. The van der Waals surface area contributed by atoms with Crippen molar-refractivity contribution in [1.29, 1.82) is 0 Å². The summed E-state index contributed by atoms with van der Waals surface area (Å²) in [6.45, 7) is 2.11. The van der Waals surface area contributed by atoms with E-state index in [0.29, 0.717) is 5.25 Å². The van der Waals surface area contributed by atoms with Crippen LogP contribution >= 0.6 is 23.5 Å². The minimum Gasteiger partial charge on any atom is -0.242 e. The van der Waals surface area contributed by atoms with Gasteiger partial charge in [-0.05, 0) is 61.9 Å². The third-order valence-corrected chi connectivity index (χ3v) is 5.99. The quantitative estimate of drug-likeness (QED) is 0.241. The zero-order valence-corrected chi connectivity index (χ0v) is 16.1. The number of benzene rings is 2. The largest absolute Gasteiger partial charge is 0.242 e. The van der Waals surface area contributed by atoms with Gasteiger partial charge in [-0.2, -0.15) is 0 Å². The number of allylic oxidation sites excluding steroid dienone is 2. The second kappa shape index (κ2) is 9.69. The molecular formula is C22H23NS2. The van der Waals surface area contributed by atoms with Crippen molar-refractivity contribution in [2.45, 2.75) is 36.3 Å². The fraction of sp³-hybridized carbons (Fsp3) is 0.227. The van der Waals surface area contributed by atoms with Crippen molar-refractivity contribution in [2.24, 2.45) is 4.99 Å². The van der Waals surface area contributed by atoms with Gasteiger partial charge in [-0.3, -0.25) is 0 Å². The van der Waals surface area contributed by atoms with Gasteiger partial charge in [-0.1, -0.05) is 59.8 Å². The van der Waals surface area contributed by atoms with Crippen LogP contribution in [-0.2, 0) is 0 Å². The number of hydrogen-bond donors (Lipinski definition) is 0. The first-order chi connectivity index (χ1) is 12.3. The second-order valence-corrected chi connectivity index (χ2v) is 8.34. The zero-order valence-electron chi connectivity index (χ0n) is 14.5. The van der Waals surface area contributed by atoms with Crippen LogP contribution in [0, 0.1) is 6.92 Å². The van der Waals surface area contributed by atoms with Crippen LogP contribution in [0.25, 0.3) is 0 Å². The Bertz CT molecular complexity index is 745. The fourth-order valence-electron chi connectivity index (χ4n) is 2.56. The van der Waals surface area contributed by atoms with Gasteiger partial charge in [0.05, 0.1) is 10.7 Å². The molecule has 1 aliphatic carbocycles. The van der Waals surface area contributed by atoms with Crippen molar-refractivity contribution in [2.75, 3.05) is 0 Å². The summed E-state index contributed by atoms with van der Waals surface area (Å²) < 4.78 is 0. The Balaban J connectivity index is 1.73. The third-order valence-electron chi connectivity index (χ3n) is 3.94. The molecule has 2 aromatic rings. The highest BCUT2D eigenvalue weighted by molar-refractivity contribution is 8.15. The first-order valence-corrected chi connectivity index (χ1v) is 10.4. The molecule has 3 rings (SSSR count). The lowest BCUT2D eigenvalue weighted by Gasteiger charge is -2.17. The average Bonchev–Trinajstić information content (AvgIpc) is 2.65. The van der Waals surface area contributed by atoms with Crippen molar-refractivity contribution >= 4 is 34.3 Å². The lowest BCUT2D eigenvalue weighted by atomic mass is 10.1. The summed E-state index contributed by atoms with van der Waals surface area (Å²) in [5, 5.41) is 3.86. The van der Waals surface area contributed by atoms with Gasteiger partial charge in [0.15, 0.2) is 0 Å². The molecule has 0 heterocycles. The van der Waals surface area contributed by atoms with Crippen molar-refractivity contribution < 1.29 is 0 Å². The van der Waals surface area contributed by atoms with E-state index in [-0.39, 0.29) is 0 Å². The van der Waals surface area contributed by atoms with E-state index in [4.69, 9.17) is 4.99 Å². The molecule has 0 bridgehead atoms. The molecule has 0 saturated carbocycles. The van der Waals surface area contributed by atoms with Gasteiger partial charge in [-0.25, -0.2) is 4.99 Å². The molecular weight excluding hydrogens is 342 g/mol. The van der Waals surface area contributed by atoms with E-state index >= 15 is 0 Å². The number of thioether (sulfide) groups is 2. The molecule has 0 spiro atoms. The Labute approximate surface area is 159 Å². The molecule has 1 nitrogen and oxygen atoms in total. The molecule has 0 radical (unpaired) electrons. The van der Waals surface area contributed by atoms with Gasteiger partial charge < -0.3 is 0 Å². The number of aryl methyl sites for hydroxylation is 1. The summed E-state index contributed by atoms with van der Waals surface area (Å²) >= 11 is 3.63. The van der Waals surface area contributed by atoms with Crippen LogP contribution in [0.2, 0.25) is 0 Å². The molecule has 0 saturated heterocycles. The molecule has 3 heteroatoms. The molecule has 1 aliphatic rings. The van der Waals surface area contributed by atoms with Gasteiger partial charge in [-0.15, -0.1) is 11.8 Å². The van der Waals surface area contributed by atoms with E-state index < -0.39 is 0 Å². The summed E-state index contributed by atoms with van der Waals surface area (Å²) in [5.41, 5.74) is 2.29. The molecule has 0 aromatic heterocycles. The third kappa shape index (κ3) is 6.26. The molecule has 0 aliphatic heterocycles. The highest BCUT2D eigenvalue weighted by Crippen LogP contribution is 2.29. The van der Waals surface area contributed by atoms with Crippen LogP contribution in [0.15, 0.2) is 88.1 Å². The first-order valence-electron chi connectivity index (χ1n) is 8.65. The predicted octanol–water partition coefficient (Wildman–Crippen LogP) is 7.17. The molecule has 1 atom stereocenters. The van der Waals surface area contributed by atoms with Crippen molar-refractivity contribution in [3.63, 3.8) is 0 Å². The van der Waals surface area contributed by atoms with E-state index in [9.17, 15) is 0 Å². The van der Waals surface area contributed by atoms with Gasteiger partial charge in [0.2, 0.25) is 0 Å². The molecule has 1 unspecified atom stereocenters. The Hall–Kier alpha value is -1.71. The van der Waals surface area contributed by atoms with E-state index in [1.54, 1.807) is 11.8 Å². The van der Waals surface area contributed by atoms with Crippen molar-refractivity contribution in [3.8, 4) is 0 Å². The zero-order chi connectivity index (χ0) is 17.3. The molecule has 0 N–H and O–H groups in total. The highest BCUT2D eigenvalue weighted by Gasteiger charge is 2.12. The van der Waals surface area contributed by atoms with Gasteiger partial charge in [0.25, 0.3) is 0 Å². The number of rotatable bonds is 5. The van der Waals surface area contributed by atoms with Crippen LogP contribution in [0.3, 0.4) is 0 Å². The summed E-state index contributed by atoms with van der Waals surface area (Å²) in [6.07, 6.45) is 10.3. The minimum absolute atomic E-state index is 0.626. The van der Waals surface area contributed by atoms with E-state index in [0.717, 1.165) is 17.2 Å². The van der Waals surface area contributed by atoms with Crippen LogP contribution in [0.5, 0.6) is 0 Å². The Morgan fingerprint density at radius 1 is 1.04 bits per heavy atom. The molecule has 25 heavy (non-hydrogen) atoms. The van der Waals surface area contributed by atoms with E-state index in [1.165, 1.54) is 23.3 Å². The predicted molar refractivity (Wildman–Crippen MR) is 114 cm³/mol. The maximum Gasteiger partial charge on any atom is 0.0975 e. The number of nitrogens with zero attached hydrogens (tertiary/aromatic N) is 1. The van der Waals surface area contributed by atoms with Gasteiger partial charge >= 0.3 is 0 Å². The summed E-state index contributed by atoms with van der Waals surface area (Å²) in [6, 6.07) is 18.9. The number of hydrogen-bond acceptors (Lipinski definition) is 3. The highest BCUT2D eigenvalue weighted by atomic mass is 32.2. The van der Waals surface area contributed by atoms with Crippen LogP contribution in [0.4, 0.5) is 5.69 Å². The molecule has 0 amide bonds. The van der Waals surface area contributed by atoms with Crippen LogP contribution in [0.1, 0.15) is 24.8 Å². The fourth-order valence-corrected chi connectivity index (χ4v) is 4.42. The summed E-state index contributed by atoms with van der Waals surface area (Å²) in [5.74, 6) is 0. The molecule has 0 fully saturated rings. The topological polar surface area (TPSA) is 12.4 Å². The van der Waals surface area contributed by atoms with Crippen LogP contribution in [-0.4, -0.2) is 10.3 Å². The number of aliphatic imine (C=N–C) groups is 1. The molecule has 128 valence electrons. The average molecular weight is 366 g/mol. The second-order valence-electron chi connectivity index (χ2n) is 6.04. The van der Waals surface area contributed by atoms with Gasteiger partial charge in [0.1, 0.15) is 0 Å². The minimum atomic E-state index is 0.626. The lowest BCUT2D eigenvalue weighted by molar-refractivity contribution is 0.751. The molecule has 2 aromatic carbocycles. The smallest absolute Gasteiger partial charge is 0.0975 e. The Morgan fingerprint density at radius 3 is 2.56 bits per heavy atom. The summed E-state index contributed by atoms with van der Waals surface area (Å²) in [7, 11) is 0. The monoisotopic (exact) mass is 365 g/mol. The summed E-state index contributed by atoms with van der Waals surface area (Å²) in [4.78, 5) is 6.13. The van der Waals surface area contributed by atoms with Gasteiger partial charge in [0, 0.05) is 10.1 Å². The standard InChI is InChI=1S/C22H23NS2/c1-18-12-14-19(15-13-18)23-22(25-21-10-6-3-7-11-21)16-17-24-20-8-4-2-5-9-20/h2-6,8-9,12-17,21H,7,10-11H2,1H3. The van der Waals surface area contributed by atoms with Crippen molar-refractivity contribution in [1.82, 2.24) is 0 Å². The van der Waals surface area contributed by atoms with Crippen molar-refractivity contribution in [3.05, 3.63) is 83.8 Å². The lowest BCUT2D eigenvalue weighted by Crippen LogP contribution is -2.07. The van der Waals surface area contributed by atoms with E-state index in [1.807, 2.05) is 17.8 Å². The van der Waals surface area contributed by atoms with E-state index in [2.05, 4.69) is 79.1 Å². The van der Waals surface area contributed by atoms with Crippen LogP contribution < -0.4 is 0 Å². The Kier molecular flexibility index (Phi) is 7.01. The normalized spacial score (nSPS) is 18.0.